The van der Waals surface area contributed by atoms with Crippen LogP contribution < -0.4 is 10.6 Å². The molecule has 70 valence electrons. The molecule has 4 heteroatoms. The van der Waals surface area contributed by atoms with Gasteiger partial charge in [-0.1, -0.05) is 0 Å². The van der Waals surface area contributed by atoms with Gasteiger partial charge in [-0.3, -0.25) is 9.59 Å². The van der Waals surface area contributed by atoms with Crippen LogP contribution in [0.2, 0.25) is 0 Å². The van der Waals surface area contributed by atoms with Crippen LogP contribution in [0, 0.1) is 0 Å². The number of carbonyl (C=O) groups excluding carboxylic acids is 2. The summed E-state index contributed by atoms with van der Waals surface area (Å²) >= 11 is 0. The Labute approximate surface area is 72.7 Å². The Morgan fingerprint density at radius 2 is 1.92 bits per heavy atom. The summed E-state index contributed by atoms with van der Waals surface area (Å²) in [4.78, 5) is 21.2. The van der Waals surface area contributed by atoms with Gasteiger partial charge >= 0.3 is 0 Å². The van der Waals surface area contributed by atoms with Crippen molar-refractivity contribution in [2.75, 3.05) is 0 Å². The summed E-state index contributed by atoms with van der Waals surface area (Å²) in [6.07, 6.45) is 0.521. The lowest BCUT2D eigenvalue weighted by Crippen LogP contribution is -2.49. The van der Waals surface area contributed by atoms with E-state index in [-0.39, 0.29) is 11.4 Å². The molecule has 2 N–H and O–H groups in total. The Balaban J connectivity index is 3.95. The minimum Gasteiger partial charge on any atom is -0.350 e. The molecule has 0 aromatic rings. The van der Waals surface area contributed by atoms with E-state index in [4.69, 9.17) is 0 Å². The summed E-state index contributed by atoms with van der Waals surface area (Å²) in [6.45, 7) is 7.30. The first-order valence-corrected chi connectivity index (χ1v) is 3.88. The molecule has 0 spiro atoms. The van der Waals surface area contributed by atoms with Crippen molar-refractivity contribution in [3.05, 3.63) is 0 Å². The molecule has 0 radical (unpaired) electrons. The van der Waals surface area contributed by atoms with Gasteiger partial charge in [-0.25, -0.2) is 0 Å². The Morgan fingerprint density at radius 3 is 2.25 bits per heavy atom. The van der Waals surface area contributed by atoms with E-state index in [9.17, 15) is 9.59 Å². The second-order valence-corrected chi connectivity index (χ2v) is 3.75. The van der Waals surface area contributed by atoms with Gasteiger partial charge in [-0.2, -0.15) is 0 Å². The molecule has 0 rings (SSSR count). The lowest BCUT2D eigenvalue weighted by molar-refractivity contribution is -0.126. The Hall–Kier alpha value is -1.06. The lowest BCUT2D eigenvalue weighted by Gasteiger charge is -2.22. The average Bonchev–Trinajstić information content (AvgIpc) is 1.84. The van der Waals surface area contributed by atoms with Gasteiger partial charge in [-0.05, 0) is 27.7 Å². The molecule has 0 heterocycles. The van der Waals surface area contributed by atoms with Crippen molar-refractivity contribution in [2.24, 2.45) is 0 Å². The first-order chi connectivity index (χ1) is 5.37. The smallest absolute Gasteiger partial charge is 0.242 e. The maximum Gasteiger partial charge on any atom is 0.242 e. The van der Waals surface area contributed by atoms with Crippen LogP contribution in [0.1, 0.15) is 27.7 Å². The molecule has 0 fully saturated rings. The molecule has 0 aliphatic rings. The van der Waals surface area contributed by atoms with Gasteiger partial charge < -0.3 is 10.6 Å². The van der Waals surface area contributed by atoms with E-state index in [0.717, 1.165) is 0 Å². The summed E-state index contributed by atoms with van der Waals surface area (Å²) in [5.74, 6) is -0.172. The quantitative estimate of drug-likeness (QED) is 0.590. The fourth-order valence-corrected chi connectivity index (χ4v) is 0.656. The molecule has 0 saturated heterocycles. The van der Waals surface area contributed by atoms with Gasteiger partial charge in [0.15, 0.2) is 0 Å². The molecule has 0 bridgehead atoms. The molecule has 0 aliphatic heterocycles. The first-order valence-electron chi connectivity index (χ1n) is 3.88. The van der Waals surface area contributed by atoms with Gasteiger partial charge in [-0.15, -0.1) is 0 Å². The van der Waals surface area contributed by atoms with Gasteiger partial charge in [0.2, 0.25) is 12.3 Å². The third kappa shape index (κ3) is 4.71. The first kappa shape index (κ1) is 10.9. The van der Waals surface area contributed by atoms with Crippen molar-refractivity contribution in [1.29, 1.82) is 0 Å². The highest BCUT2D eigenvalue weighted by Crippen LogP contribution is 1.98. The highest BCUT2D eigenvalue weighted by molar-refractivity contribution is 5.83. The zero-order valence-corrected chi connectivity index (χ0v) is 7.97. The Bertz CT molecular complexity index is 172. The van der Waals surface area contributed by atoms with Gasteiger partial charge in [0.25, 0.3) is 0 Å². The lowest BCUT2D eigenvalue weighted by atomic mass is 10.1. The number of rotatable bonds is 3. The zero-order chi connectivity index (χ0) is 9.78. The van der Waals surface area contributed by atoms with E-state index in [2.05, 4.69) is 10.6 Å². The molecule has 12 heavy (non-hydrogen) atoms. The van der Waals surface area contributed by atoms with Crippen molar-refractivity contribution < 1.29 is 9.59 Å². The van der Waals surface area contributed by atoms with Crippen molar-refractivity contribution in [3.63, 3.8) is 0 Å². The normalized spacial score (nSPS) is 13.3. The summed E-state index contributed by atoms with van der Waals surface area (Å²) in [5, 5.41) is 5.12. The molecule has 0 aromatic heterocycles. The molecule has 0 saturated carbocycles. The van der Waals surface area contributed by atoms with Gasteiger partial charge in [0, 0.05) is 5.54 Å². The van der Waals surface area contributed by atoms with Crippen LogP contribution in [0.5, 0.6) is 0 Å². The van der Waals surface area contributed by atoms with Crippen molar-refractivity contribution in [2.45, 2.75) is 39.3 Å². The van der Waals surface area contributed by atoms with Crippen LogP contribution in [0.15, 0.2) is 0 Å². The highest BCUT2D eigenvalue weighted by Gasteiger charge is 2.17. The number of nitrogens with one attached hydrogen (secondary N) is 2. The topological polar surface area (TPSA) is 58.2 Å². The number of hydrogen-bond donors (Lipinski definition) is 2. The fourth-order valence-electron chi connectivity index (χ4n) is 0.656. The average molecular weight is 172 g/mol. The molecule has 4 nitrogen and oxygen atoms in total. The SMILES string of the molecule is CC(NC=O)C(=O)NC(C)(C)C. The third-order valence-corrected chi connectivity index (χ3v) is 1.21. The molecule has 2 amide bonds. The Kier molecular flexibility index (Phi) is 3.73. The van der Waals surface area contributed by atoms with E-state index in [1.165, 1.54) is 0 Å². The van der Waals surface area contributed by atoms with E-state index in [1.807, 2.05) is 20.8 Å². The summed E-state index contributed by atoms with van der Waals surface area (Å²) in [7, 11) is 0. The molecular weight excluding hydrogens is 156 g/mol. The Morgan fingerprint density at radius 1 is 1.42 bits per heavy atom. The van der Waals surface area contributed by atoms with Crippen molar-refractivity contribution in [3.8, 4) is 0 Å². The minimum absolute atomic E-state index is 0.172. The zero-order valence-electron chi connectivity index (χ0n) is 7.97. The predicted molar refractivity (Wildman–Crippen MR) is 46.6 cm³/mol. The number of hydrogen-bond acceptors (Lipinski definition) is 2. The van der Waals surface area contributed by atoms with Crippen LogP contribution in [0.3, 0.4) is 0 Å². The van der Waals surface area contributed by atoms with Crippen LogP contribution in [-0.4, -0.2) is 23.9 Å². The van der Waals surface area contributed by atoms with Gasteiger partial charge in [0.1, 0.15) is 6.04 Å². The van der Waals surface area contributed by atoms with E-state index in [0.29, 0.717) is 6.41 Å². The minimum atomic E-state index is -0.471. The highest BCUT2D eigenvalue weighted by atomic mass is 16.2. The van der Waals surface area contributed by atoms with Crippen LogP contribution in [-0.2, 0) is 9.59 Å². The van der Waals surface area contributed by atoms with Crippen molar-refractivity contribution in [1.82, 2.24) is 10.6 Å². The van der Waals surface area contributed by atoms with Crippen LogP contribution in [0.25, 0.3) is 0 Å². The largest absolute Gasteiger partial charge is 0.350 e. The number of amides is 2. The fraction of sp³-hybridized carbons (Fsp3) is 0.750. The van der Waals surface area contributed by atoms with Crippen LogP contribution in [0.4, 0.5) is 0 Å². The molecule has 0 aromatic carbocycles. The maximum atomic E-state index is 11.2. The summed E-state index contributed by atoms with van der Waals surface area (Å²) in [6, 6.07) is -0.471. The number of carbonyl (C=O) groups is 2. The second-order valence-electron chi connectivity index (χ2n) is 3.75. The van der Waals surface area contributed by atoms with Crippen molar-refractivity contribution >= 4 is 12.3 Å². The molecule has 1 unspecified atom stereocenters. The monoisotopic (exact) mass is 172 g/mol. The van der Waals surface area contributed by atoms with E-state index in [1.54, 1.807) is 6.92 Å². The second kappa shape index (κ2) is 4.09. The van der Waals surface area contributed by atoms with E-state index < -0.39 is 6.04 Å². The molecule has 0 aliphatic carbocycles. The van der Waals surface area contributed by atoms with E-state index >= 15 is 0 Å². The summed E-state index contributed by atoms with van der Waals surface area (Å²) in [5.41, 5.74) is -0.254. The molecule has 1 atom stereocenters. The standard InChI is InChI=1S/C8H16N2O2/c1-6(9-5-11)7(12)10-8(2,3)4/h5-6H,1-4H3,(H,9,11)(H,10,12). The third-order valence-electron chi connectivity index (χ3n) is 1.21. The predicted octanol–water partition coefficient (Wildman–Crippen LogP) is 0.0356. The maximum absolute atomic E-state index is 11.2. The van der Waals surface area contributed by atoms with Crippen LogP contribution >= 0.6 is 0 Å². The summed E-state index contributed by atoms with van der Waals surface area (Å²) < 4.78 is 0. The molecular formula is C8H16N2O2. The van der Waals surface area contributed by atoms with Gasteiger partial charge in [0.05, 0.1) is 0 Å².